The number of hydrogen-bond acceptors (Lipinski definition) is 4. The Morgan fingerprint density at radius 1 is 1.50 bits per heavy atom. The highest BCUT2D eigenvalue weighted by molar-refractivity contribution is 4.71. The first-order valence-electron chi connectivity index (χ1n) is 3.24. The van der Waals surface area contributed by atoms with Gasteiger partial charge in [0.1, 0.15) is 6.10 Å². The first-order valence-corrected chi connectivity index (χ1v) is 3.24. The normalized spacial score (nSPS) is 41.7. The summed E-state index contributed by atoms with van der Waals surface area (Å²) < 4.78 is 9.70. The highest BCUT2D eigenvalue weighted by atomic mass is 16.7. The van der Waals surface area contributed by atoms with Crippen LogP contribution in [0.3, 0.4) is 0 Å². The molecule has 60 valence electrons. The van der Waals surface area contributed by atoms with E-state index in [-0.39, 0.29) is 6.61 Å². The Morgan fingerprint density at radius 2 is 2.20 bits per heavy atom. The monoisotopic (exact) mass is 148 g/mol. The van der Waals surface area contributed by atoms with Gasteiger partial charge in [0, 0.05) is 13.5 Å². The van der Waals surface area contributed by atoms with Gasteiger partial charge in [-0.15, -0.1) is 0 Å². The summed E-state index contributed by atoms with van der Waals surface area (Å²) in [5.41, 5.74) is 0. The number of rotatable bonds is 1. The van der Waals surface area contributed by atoms with Gasteiger partial charge in [0.25, 0.3) is 0 Å². The molecule has 1 rings (SSSR count). The molecule has 1 fully saturated rings. The summed E-state index contributed by atoms with van der Waals surface area (Å²) in [5, 5.41) is 18.1. The van der Waals surface area contributed by atoms with Crippen LogP contribution in [0.4, 0.5) is 0 Å². The van der Waals surface area contributed by atoms with Crippen molar-refractivity contribution in [1.29, 1.82) is 0 Å². The van der Waals surface area contributed by atoms with Gasteiger partial charge in [-0.3, -0.25) is 0 Å². The maximum absolute atomic E-state index is 9.13. The van der Waals surface area contributed by atoms with Crippen molar-refractivity contribution in [2.24, 2.45) is 0 Å². The van der Waals surface area contributed by atoms with Crippen LogP contribution in [-0.2, 0) is 9.47 Å². The van der Waals surface area contributed by atoms with E-state index < -0.39 is 18.5 Å². The molecule has 0 aliphatic carbocycles. The zero-order chi connectivity index (χ0) is 7.56. The third-order valence-corrected chi connectivity index (χ3v) is 1.51. The molecule has 0 saturated carbocycles. The minimum absolute atomic E-state index is 0.246. The van der Waals surface area contributed by atoms with Crippen molar-refractivity contribution in [2.75, 3.05) is 13.7 Å². The van der Waals surface area contributed by atoms with Crippen molar-refractivity contribution < 1.29 is 19.7 Å². The minimum atomic E-state index is -0.700. The number of hydrogen-bond donors (Lipinski definition) is 2. The van der Waals surface area contributed by atoms with Gasteiger partial charge in [-0.1, -0.05) is 0 Å². The van der Waals surface area contributed by atoms with E-state index in [2.05, 4.69) is 0 Å². The van der Waals surface area contributed by atoms with Gasteiger partial charge in [-0.2, -0.15) is 0 Å². The molecule has 0 aromatic carbocycles. The second kappa shape index (κ2) is 3.30. The quantitative estimate of drug-likeness (QED) is 0.506. The second-order valence-corrected chi connectivity index (χ2v) is 2.39. The molecular weight excluding hydrogens is 136 g/mol. The summed E-state index contributed by atoms with van der Waals surface area (Å²) in [5.74, 6) is 0. The summed E-state index contributed by atoms with van der Waals surface area (Å²) in [6.07, 6.45) is -1.49. The van der Waals surface area contributed by atoms with Gasteiger partial charge in [-0.25, -0.2) is 0 Å². The predicted octanol–water partition coefficient (Wildman–Crippen LogP) is -0.899. The summed E-state index contributed by atoms with van der Waals surface area (Å²) in [4.78, 5) is 0. The van der Waals surface area contributed by atoms with Crippen molar-refractivity contribution in [3.63, 3.8) is 0 Å². The number of ether oxygens (including phenoxy) is 2. The van der Waals surface area contributed by atoms with Crippen LogP contribution in [-0.4, -0.2) is 42.4 Å². The molecule has 3 atom stereocenters. The molecule has 0 aromatic rings. The van der Waals surface area contributed by atoms with Crippen LogP contribution in [0.25, 0.3) is 0 Å². The third-order valence-electron chi connectivity index (χ3n) is 1.51. The summed E-state index contributed by atoms with van der Waals surface area (Å²) >= 11 is 0. The second-order valence-electron chi connectivity index (χ2n) is 2.39. The predicted molar refractivity (Wildman–Crippen MR) is 33.4 cm³/mol. The molecule has 4 heteroatoms. The first-order chi connectivity index (χ1) is 4.74. The molecule has 4 nitrogen and oxygen atoms in total. The smallest absolute Gasteiger partial charge is 0.183 e. The molecule has 0 amide bonds. The molecule has 10 heavy (non-hydrogen) atoms. The van der Waals surface area contributed by atoms with Crippen molar-refractivity contribution in [2.45, 2.75) is 24.9 Å². The average Bonchev–Trinajstić information content (AvgIpc) is 1.88. The minimum Gasteiger partial charge on any atom is -0.391 e. The fourth-order valence-corrected chi connectivity index (χ4v) is 1.00. The fourth-order valence-electron chi connectivity index (χ4n) is 1.00. The topological polar surface area (TPSA) is 58.9 Å². The van der Waals surface area contributed by atoms with Crippen LogP contribution in [0, 0.1) is 0 Å². The Balaban J connectivity index is 2.36. The standard InChI is InChI=1S/C6H12O4/c1-9-6-5(8)2-4(7)3-10-6/h4-8H,2-3H2,1H3/t4?,5-,6?/m0/s1. The Morgan fingerprint density at radius 3 is 2.70 bits per heavy atom. The largest absolute Gasteiger partial charge is 0.391 e. The van der Waals surface area contributed by atoms with E-state index in [1.807, 2.05) is 0 Å². The highest BCUT2D eigenvalue weighted by Gasteiger charge is 2.28. The number of aliphatic hydroxyl groups is 2. The molecule has 0 spiro atoms. The Hall–Kier alpha value is -0.160. The lowest BCUT2D eigenvalue weighted by molar-refractivity contribution is -0.224. The van der Waals surface area contributed by atoms with Crippen molar-refractivity contribution in [3.8, 4) is 0 Å². The van der Waals surface area contributed by atoms with Crippen LogP contribution < -0.4 is 0 Å². The summed E-state index contributed by atoms with van der Waals surface area (Å²) in [7, 11) is 1.46. The van der Waals surface area contributed by atoms with Gasteiger partial charge in [-0.05, 0) is 0 Å². The van der Waals surface area contributed by atoms with Crippen molar-refractivity contribution in [1.82, 2.24) is 0 Å². The van der Waals surface area contributed by atoms with Crippen LogP contribution in [0.15, 0.2) is 0 Å². The van der Waals surface area contributed by atoms with E-state index >= 15 is 0 Å². The number of aliphatic hydroxyl groups excluding tert-OH is 2. The Bertz CT molecular complexity index is 106. The van der Waals surface area contributed by atoms with Gasteiger partial charge >= 0.3 is 0 Å². The maximum Gasteiger partial charge on any atom is 0.183 e. The molecule has 1 aliphatic heterocycles. The SMILES string of the molecule is COC1OCC(O)C[C@@H]1O. The lowest BCUT2D eigenvalue weighted by atomic mass is 10.1. The molecule has 2 N–H and O–H groups in total. The average molecular weight is 148 g/mol. The zero-order valence-electron chi connectivity index (χ0n) is 5.86. The van der Waals surface area contributed by atoms with E-state index in [0.29, 0.717) is 6.42 Å². The lowest BCUT2D eigenvalue weighted by Crippen LogP contribution is -2.41. The molecule has 0 aromatic heterocycles. The molecule has 1 aliphatic rings. The molecule has 0 radical (unpaired) electrons. The lowest BCUT2D eigenvalue weighted by Gasteiger charge is -2.29. The van der Waals surface area contributed by atoms with Gasteiger partial charge < -0.3 is 19.7 Å². The van der Waals surface area contributed by atoms with Gasteiger partial charge in [0.15, 0.2) is 6.29 Å². The Labute approximate surface area is 59.4 Å². The molecule has 2 unspecified atom stereocenters. The van der Waals surface area contributed by atoms with E-state index in [0.717, 1.165) is 0 Å². The van der Waals surface area contributed by atoms with E-state index in [9.17, 15) is 0 Å². The molecule has 0 bridgehead atoms. The summed E-state index contributed by atoms with van der Waals surface area (Å²) in [6, 6.07) is 0. The van der Waals surface area contributed by atoms with Gasteiger partial charge in [0.2, 0.25) is 0 Å². The van der Waals surface area contributed by atoms with Crippen molar-refractivity contribution in [3.05, 3.63) is 0 Å². The highest BCUT2D eigenvalue weighted by Crippen LogP contribution is 2.14. The third kappa shape index (κ3) is 1.67. The van der Waals surface area contributed by atoms with Crippen LogP contribution in [0.5, 0.6) is 0 Å². The summed E-state index contributed by atoms with van der Waals surface area (Å²) in [6.45, 7) is 0.246. The number of methoxy groups -OCH3 is 1. The van der Waals surface area contributed by atoms with E-state index in [1.54, 1.807) is 0 Å². The van der Waals surface area contributed by atoms with Crippen LogP contribution >= 0.6 is 0 Å². The van der Waals surface area contributed by atoms with E-state index in [1.165, 1.54) is 7.11 Å². The van der Waals surface area contributed by atoms with Gasteiger partial charge in [0.05, 0.1) is 12.7 Å². The molecular formula is C6H12O4. The Kier molecular flexibility index (Phi) is 2.62. The fraction of sp³-hybridized carbons (Fsp3) is 1.00. The zero-order valence-corrected chi connectivity index (χ0v) is 5.86. The molecule has 1 heterocycles. The van der Waals surface area contributed by atoms with E-state index in [4.69, 9.17) is 19.7 Å². The maximum atomic E-state index is 9.13. The van der Waals surface area contributed by atoms with Crippen LogP contribution in [0.2, 0.25) is 0 Å². The molecule has 1 saturated heterocycles. The first kappa shape index (κ1) is 7.94. The van der Waals surface area contributed by atoms with Crippen LogP contribution in [0.1, 0.15) is 6.42 Å². The van der Waals surface area contributed by atoms with Crippen molar-refractivity contribution >= 4 is 0 Å².